The summed E-state index contributed by atoms with van der Waals surface area (Å²) in [5.74, 6) is 0.266. The molecule has 4 rings (SSSR count). The molecule has 1 aliphatic heterocycles. The second kappa shape index (κ2) is 6.88. The lowest BCUT2D eigenvalue weighted by Gasteiger charge is -2.24. The van der Waals surface area contributed by atoms with Crippen molar-refractivity contribution in [3.05, 3.63) is 47.8 Å². The highest BCUT2D eigenvalue weighted by Gasteiger charge is 2.19. The zero-order valence-corrected chi connectivity index (χ0v) is 14.6. The molecule has 1 unspecified atom stereocenters. The number of hydrogen-bond donors (Lipinski definition) is 3. The van der Waals surface area contributed by atoms with Gasteiger partial charge in [-0.3, -0.25) is 0 Å². The molecule has 0 aliphatic carbocycles. The molecule has 134 valence electrons. The van der Waals surface area contributed by atoms with E-state index in [1.54, 1.807) is 18.2 Å². The zero-order valence-electron chi connectivity index (χ0n) is 14.6. The van der Waals surface area contributed by atoms with Gasteiger partial charge in [0, 0.05) is 28.9 Å². The highest BCUT2D eigenvalue weighted by molar-refractivity contribution is 6.01. The van der Waals surface area contributed by atoms with Crippen molar-refractivity contribution in [1.29, 1.82) is 0 Å². The van der Waals surface area contributed by atoms with Crippen molar-refractivity contribution in [1.82, 2.24) is 15.5 Å². The van der Waals surface area contributed by atoms with E-state index in [1.165, 1.54) is 6.07 Å². The van der Waals surface area contributed by atoms with Gasteiger partial charge in [-0.05, 0) is 50.1 Å². The van der Waals surface area contributed by atoms with Gasteiger partial charge in [0.2, 0.25) is 0 Å². The van der Waals surface area contributed by atoms with Gasteiger partial charge in [-0.1, -0.05) is 18.2 Å². The number of aromatic hydroxyl groups is 1. The van der Waals surface area contributed by atoms with E-state index < -0.39 is 0 Å². The van der Waals surface area contributed by atoms with Gasteiger partial charge in [0.05, 0.1) is 0 Å². The molecular formula is C20H21FN4O. The van der Waals surface area contributed by atoms with Crippen LogP contribution in [0.25, 0.3) is 22.0 Å². The zero-order chi connectivity index (χ0) is 18.1. The van der Waals surface area contributed by atoms with Crippen molar-refractivity contribution in [2.45, 2.75) is 25.8 Å². The molecule has 1 saturated heterocycles. The summed E-state index contributed by atoms with van der Waals surface area (Å²) in [5, 5.41) is 26.7. The molecule has 26 heavy (non-hydrogen) atoms. The van der Waals surface area contributed by atoms with Crippen LogP contribution in [0.3, 0.4) is 0 Å². The number of anilines is 1. The summed E-state index contributed by atoms with van der Waals surface area (Å²) in [7, 11) is 0. The van der Waals surface area contributed by atoms with Gasteiger partial charge in [-0.2, -0.15) is 0 Å². The van der Waals surface area contributed by atoms with Crippen molar-refractivity contribution in [2.75, 3.05) is 18.4 Å². The van der Waals surface area contributed by atoms with Crippen LogP contribution in [-0.2, 0) is 0 Å². The average Bonchev–Trinajstić information content (AvgIpc) is 2.64. The number of benzene rings is 2. The summed E-state index contributed by atoms with van der Waals surface area (Å²) in [6.45, 7) is 3.75. The Morgan fingerprint density at radius 1 is 1.23 bits per heavy atom. The number of phenolic OH excluding ortho intramolecular Hbond substituents is 1. The van der Waals surface area contributed by atoms with E-state index in [9.17, 15) is 9.50 Å². The van der Waals surface area contributed by atoms with Gasteiger partial charge in [0.1, 0.15) is 17.3 Å². The van der Waals surface area contributed by atoms with Gasteiger partial charge < -0.3 is 15.7 Å². The highest BCUT2D eigenvalue weighted by atomic mass is 19.1. The number of halogens is 1. The SMILES string of the molecule is Cc1ccc(-c2nnc(NC3CCCNC3)c3cccc(F)c23)c(O)c1. The average molecular weight is 352 g/mol. The normalized spacial score (nSPS) is 17.4. The Morgan fingerprint density at radius 3 is 2.88 bits per heavy atom. The maximum atomic E-state index is 14.7. The van der Waals surface area contributed by atoms with E-state index in [-0.39, 0.29) is 17.6 Å². The number of aromatic nitrogens is 2. The molecule has 3 aromatic rings. The molecule has 0 bridgehead atoms. The number of phenols is 1. The lowest BCUT2D eigenvalue weighted by molar-refractivity contribution is 0.476. The fourth-order valence-corrected chi connectivity index (χ4v) is 3.47. The first-order valence-electron chi connectivity index (χ1n) is 8.85. The van der Waals surface area contributed by atoms with E-state index in [4.69, 9.17) is 0 Å². The standard InChI is InChI=1S/C20H21FN4O/c1-12-7-8-14(17(26)10-12)19-18-15(5-2-6-16(18)21)20(25-24-19)23-13-4-3-9-22-11-13/h2,5-8,10,13,22,26H,3-4,9,11H2,1H3,(H,23,25). The lowest BCUT2D eigenvalue weighted by atomic mass is 10.0. The topological polar surface area (TPSA) is 70.1 Å². The van der Waals surface area contributed by atoms with Crippen LogP contribution < -0.4 is 10.6 Å². The van der Waals surface area contributed by atoms with E-state index >= 15 is 0 Å². The third kappa shape index (κ3) is 3.08. The van der Waals surface area contributed by atoms with Crippen molar-refractivity contribution < 1.29 is 9.50 Å². The molecule has 6 heteroatoms. The van der Waals surface area contributed by atoms with Gasteiger partial charge in [0.15, 0.2) is 5.82 Å². The summed E-state index contributed by atoms with van der Waals surface area (Å²) in [6, 6.07) is 10.4. The monoisotopic (exact) mass is 352 g/mol. The molecule has 1 aromatic heterocycles. The predicted molar refractivity (Wildman–Crippen MR) is 101 cm³/mol. The smallest absolute Gasteiger partial charge is 0.156 e. The molecule has 0 amide bonds. The van der Waals surface area contributed by atoms with Crippen LogP contribution in [0, 0.1) is 12.7 Å². The molecule has 1 aliphatic rings. The van der Waals surface area contributed by atoms with Crippen LogP contribution >= 0.6 is 0 Å². The third-order valence-corrected chi connectivity index (χ3v) is 4.80. The summed E-state index contributed by atoms with van der Waals surface area (Å²) < 4.78 is 14.7. The van der Waals surface area contributed by atoms with Crippen molar-refractivity contribution >= 4 is 16.6 Å². The fraction of sp³-hybridized carbons (Fsp3) is 0.300. The highest BCUT2D eigenvalue weighted by Crippen LogP contribution is 2.36. The molecule has 3 N–H and O–H groups in total. The molecule has 1 atom stereocenters. The van der Waals surface area contributed by atoms with Gasteiger partial charge in [-0.25, -0.2) is 4.39 Å². The predicted octanol–water partition coefficient (Wildman–Crippen LogP) is 3.61. The fourth-order valence-electron chi connectivity index (χ4n) is 3.47. The number of piperidine rings is 1. The molecule has 2 heterocycles. The minimum Gasteiger partial charge on any atom is -0.507 e. The van der Waals surface area contributed by atoms with Gasteiger partial charge in [-0.15, -0.1) is 10.2 Å². The van der Waals surface area contributed by atoms with E-state index in [1.807, 2.05) is 19.1 Å². The quantitative estimate of drug-likeness (QED) is 0.672. The Morgan fingerprint density at radius 2 is 2.12 bits per heavy atom. The van der Waals surface area contributed by atoms with Gasteiger partial charge >= 0.3 is 0 Å². The van der Waals surface area contributed by atoms with E-state index in [2.05, 4.69) is 20.8 Å². The molecule has 5 nitrogen and oxygen atoms in total. The number of hydrogen-bond acceptors (Lipinski definition) is 5. The molecule has 0 saturated carbocycles. The second-order valence-electron chi connectivity index (χ2n) is 6.77. The largest absolute Gasteiger partial charge is 0.507 e. The third-order valence-electron chi connectivity index (χ3n) is 4.80. The summed E-state index contributed by atoms with van der Waals surface area (Å²) in [6.07, 6.45) is 2.12. The number of fused-ring (bicyclic) bond motifs is 1. The first kappa shape index (κ1) is 16.7. The molecule has 2 aromatic carbocycles. The number of aryl methyl sites for hydroxylation is 1. The maximum absolute atomic E-state index is 14.7. The molecule has 0 spiro atoms. The van der Waals surface area contributed by atoms with Crippen LogP contribution in [0.15, 0.2) is 36.4 Å². The summed E-state index contributed by atoms with van der Waals surface area (Å²) in [5.41, 5.74) is 1.75. The lowest BCUT2D eigenvalue weighted by Crippen LogP contribution is -2.38. The maximum Gasteiger partial charge on any atom is 0.156 e. The summed E-state index contributed by atoms with van der Waals surface area (Å²) >= 11 is 0. The van der Waals surface area contributed by atoms with Crippen molar-refractivity contribution in [3.63, 3.8) is 0 Å². The first-order chi connectivity index (χ1) is 12.6. The number of nitrogens with zero attached hydrogens (tertiary/aromatic N) is 2. The minimum absolute atomic E-state index is 0.0704. The Balaban J connectivity index is 1.84. The first-order valence-corrected chi connectivity index (χ1v) is 8.85. The Hall–Kier alpha value is -2.73. The molecular weight excluding hydrogens is 331 g/mol. The van der Waals surface area contributed by atoms with Crippen molar-refractivity contribution in [2.24, 2.45) is 0 Å². The summed E-state index contributed by atoms with van der Waals surface area (Å²) in [4.78, 5) is 0. The minimum atomic E-state index is -0.378. The molecule has 0 radical (unpaired) electrons. The van der Waals surface area contributed by atoms with E-state index in [0.29, 0.717) is 27.8 Å². The van der Waals surface area contributed by atoms with Gasteiger partial charge in [0.25, 0.3) is 0 Å². The van der Waals surface area contributed by atoms with Crippen molar-refractivity contribution in [3.8, 4) is 17.0 Å². The number of rotatable bonds is 3. The Bertz CT molecular complexity index is 954. The van der Waals surface area contributed by atoms with Crippen LogP contribution in [0.2, 0.25) is 0 Å². The number of nitrogens with one attached hydrogen (secondary N) is 2. The van der Waals surface area contributed by atoms with Crippen LogP contribution in [-0.4, -0.2) is 34.4 Å². The van der Waals surface area contributed by atoms with E-state index in [0.717, 1.165) is 31.5 Å². The van der Waals surface area contributed by atoms with Crippen LogP contribution in [0.5, 0.6) is 5.75 Å². The Kier molecular flexibility index (Phi) is 4.42. The van der Waals surface area contributed by atoms with Crippen LogP contribution in [0.4, 0.5) is 10.2 Å². The van der Waals surface area contributed by atoms with Crippen LogP contribution in [0.1, 0.15) is 18.4 Å². The second-order valence-corrected chi connectivity index (χ2v) is 6.77. The molecule has 1 fully saturated rings. The Labute approximate surface area is 151 Å².